The molecular weight excluding hydrogens is 745 g/mol. The summed E-state index contributed by atoms with van der Waals surface area (Å²) in [4.78, 5) is 46.0. The normalized spacial score (nSPS) is 11.7. The van der Waals surface area contributed by atoms with Crippen molar-refractivity contribution in [3.05, 3.63) is 166 Å². The van der Waals surface area contributed by atoms with Crippen molar-refractivity contribution in [3.8, 4) is 17.0 Å². The van der Waals surface area contributed by atoms with Crippen molar-refractivity contribution in [1.29, 1.82) is 0 Å². The van der Waals surface area contributed by atoms with Gasteiger partial charge in [-0.2, -0.15) is 0 Å². The monoisotopic (exact) mass is 774 g/mol. The maximum Gasteiger partial charge on any atom is 0.272 e. The quantitative estimate of drug-likeness (QED) is 0.0845. The summed E-state index contributed by atoms with van der Waals surface area (Å²) in [5, 5.41) is 10.5. The van der Waals surface area contributed by atoms with Gasteiger partial charge in [-0.15, -0.1) is 23.1 Å². The molecule has 0 aliphatic heterocycles. The smallest absolute Gasteiger partial charge is 0.272 e. The van der Waals surface area contributed by atoms with Crippen LogP contribution in [0.15, 0.2) is 154 Å². The second-order valence-electron chi connectivity index (χ2n) is 11.1. The van der Waals surface area contributed by atoms with Crippen molar-refractivity contribution < 1.29 is 19.1 Å². The second-order valence-corrected chi connectivity index (χ2v) is 14.0. The standard InChI is InChI=1S/C40H31BrN4O4S2/c1-49-32-16-8-10-26(22-32)23-34(43-37(46)29-13-6-3-7-14-29)38(47)42-31-15-9-17-33(24-31)51-36(28-11-4-2-5-12-28)39(48)45-40-44-35(25-50-40)27-18-20-30(41)21-19-27/h2-25,36H,1H3,(H,42,47)(H,43,46)(H,44,45,48)/b34-23-. The molecule has 0 aliphatic carbocycles. The lowest BCUT2D eigenvalue weighted by atomic mass is 10.1. The fraction of sp³-hybridized carbons (Fsp3) is 0.0500. The van der Waals surface area contributed by atoms with Crippen LogP contribution in [0.2, 0.25) is 0 Å². The highest BCUT2D eigenvalue weighted by Crippen LogP contribution is 2.38. The Hall–Kier alpha value is -5.49. The van der Waals surface area contributed by atoms with Crippen LogP contribution in [-0.4, -0.2) is 29.8 Å². The molecule has 0 saturated carbocycles. The number of benzene rings is 5. The van der Waals surface area contributed by atoms with Gasteiger partial charge >= 0.3 is 0 Å². The number of nitrogens with one attached hydrogen (secondary N) is 3. The summed E-state index contributed by atoms with van der Waals surface area (Å²) in [6.07, 6.45) is 1.59. The molecule has 1 heterocycles. The summed E-state index contributed by atoms with van der Waals surface area (Å²) < 4.78 is 6.31. The molecule has 0 aliphatic rings. The molecule has 11 heteroatoms. The van der Waals surface area contributed by atoms with E-state index < -0.39 is 17.1 Å². The van der Waals surface area contributed by atoms with Crippen molar-refractivity contribution in [2.24, 2.45) is 0 Å². The Kier molecular flexibility index (Phi) is 11.7. The fourth-order valence-electron chi connectivity index (χ4n) is 4.98. The van der Waals surface area contributed by atoms with Crippen LogP contribution < -0.4 is 20.7 Å². The van der Waals surface area contributed by atoms with Gasteiger partial charge in [0, 0.05) is 31.6 Å². The minimum absolute atomic E-state index is 0.0441. The van der Waals surface area contributed by atoms with Crippen molar-refractivity contribution in [2.75, 3.05) is 17.7 Å². The third-order valence-corrected chi connectivity index (χ3v) is 10.0. The van der Waals surface area contributed by atoms with Gasteiger partial charge in [-0.3, -0.25) is 14.4 Å². The zero-order valence-electron chi connectivity index (χ0n) is 27.2. The van der Waals surface area contributed by atoms with Gasteiger partial charge in [0.2, 0.25) is 5.91 Å². The number of carbonyl (C=O) groups excluding carboxylic acids is 3. The molecule has 6 rings (SSSR count). The van der Waals surface area contributed by atoms with E-state index in [1.54, 1.807) is 73.8 Å². The zero-order chi connectivity index (χ0) is 35.6. The Morgan fingerprint density at radius 3 is 2.29 bits per heavy atom. The van der Waals surface area contributed by atoms with Gasteiger partial charge in [0.05, 0.1) is 12.8 Å². The third-order valence-electron chi connectivity index (χ3n) is 7.49. The van der Waals surface area contributed by atoms with Crippen LogP contribution >= 0.6 is 39.0 Å². The topological polar surface area (TPSA) is 109 Å². The Balaban J connectivity index is 1.21. The minimum Gasteiger partial charge on any atom is -0.497 e. The molecule has 6 aromatic rings. The van der Waals surface area contributed by atoms with E-state index in [0.29, 0.717) is 27.7 Å². The van der Waals surface area contributed by atoms with E-state index in [0.717, 1.165) is 26.2 Å². The predicted molar refractivity (Wildman–Crippen MR) is 209 cm³/mol. The number of anilines is 2. The van der Waals surface area contributed by atoms with Crippen LogP contribution in [0.3, 0.4) is 0 Å². The number of aromatic nitrogens is 1. The van der Waals surface area contributed by atoms with E-state index in [9.17, 15) is 14.4 Å². The lowest BCUT2D eigenvalue weighted by molar-refractivity contribution is -0.116. The number of thioether (sulfide) groups is 1. The van der Waals surface area contributed by atoms with Crippen molar-refractivity contribution in [1.82, 2.24) is 10.3 Å². The summed E-state index contributed by atoms with van der Waals surface area (Å²) in [5.41, 5.74) is 4.14. The molecule has 51 heavy (non-hydrogen) atoms. The highest BCUT2D eigenvalue weighted by Gasteiger charge is 2.24. The number of carbonyl (C=O) groups is 3. The Bertz CT molecular complexity index is 2170. The SMILES string of the molecule is COc1cccc(/C=C(\NC(=O)c2ccccc2)C(=O)Nc2cccc(SC(C(=O)Nc3nc(-c4ccc(Br)cc4)cs3)c3ccccc3)c2)c1. The van der Waals surface area contributed by atoms with E-state index in [1.807, 2.05) is 78.2 Å². The molecule has 3 N–H and O–H groups in total. The molecule has 0 saturated heterocycles. The van der Waals surface area contributed by atoms with Crippen LogP contribution in [0.4, 0.5) is 10.8 Å². The average Bonchev–Trinajstić information content (AvgIpc) is 3.63. The molecule has 8 nitrogen and oxygen atoms in total. The molecule has 0 radical (unpaired) electrons. The predicted octanol–water partition coefficient (Wildman–Crippen LogP) is 9.46. The Morgan fingerprint density at radius 1 is 0.824 bits per heavy atom. The molecule has 1 unspecified atom stereocenters. The highest BCUT2D eigenvalue weighted by atomic mass is 79.9. The first-order valence-electron chi connectivity index (χ1n) is 15.7. The van der Waals surface area contributed by atoms with Gasteiger partial charge in [-0.25, -0.2) is 4.98 Å². The van der Waals surface area contributed by atoms with E-state index in [4.69, 9.17) is 4.74 Å². The number of ether oxygens (including phenoxy) is 1. The summed E-state index contributed by atoms with van der Waals surface area (Å²) in [6.45, 7) is 0. The number of rotatable bonds is 12. The first-order valence-corrected chi connectivity index (χ1v) is 18.3. The second kappa shape index (κ2) is 16.9. The van der Waals surface area contributed by atoms with E-state index in [-0.39, 0.29) is 11.6 Å². The summed E-state index contributed by atoms with van der Waals surface area (Å²) in [5.74, 6) is -0.568. The average molecular weight is 776 g/mol. The van der Waals surface area contributed by atoms with E-state index in [2.05, 4.69) is 36.9 Å². The molecule has 3 amide bonds. The van der Waals surface area contributed by atoms with Crippen molar-refractivity contribution in [3.63, 3.8) is 0 Å². The number of hydrogen-bond donors (Lipinski definition) is 3. The Morgan fingerprint density at radius 2 is 1.55 bits per heavy atom. The first-order chi connectivity index (χ1) is 24.8. The summed E-state index contributed by atoms with van der Waals surface area (Å²) in [6, 6.07) is 40.4. The molecule has 1 aromatic heterocycles. The number of amides is 3. The number of thiazole rings is 1. The molecule has 254 valence electrons. The maximum absolute atomic E-state index is 13.8. The summed E-state index contributed by atoms with van der Waals surface area (Å²) >= 11 is 6.16. The van der Waals surface area contributed by atoms with Crippen LogP contribution in [0.25, 0.3) is 17.3 Å². The van der Waals surface area contributed by atoms with Gasteiger partial charge in [0.15, 0.2) is 5.13 Å². The van der Waals surface area contributed by atoms with Gasteiger partial charge in [-0.05, 0) is 71.8 Å². The van der Waals surface area contributed by atoms with Crippen LogP contribution in [0.1, 0.15) is 26.7 Å². The molecule has 5 aromatic carbocycles. The van der Waals surface area contributed by atoms with Crippen LogP contribution in [0, 0.1) is 0 Å². The molecule has 0 bridgehead atoms. The van der Waals surface area contributed by atoms with Crippen molar-refractivity contribution >= 4 is 73.6 Å². The third kappa shape index (κ3) is 9.61. The maximum atomic E-state index is 13.8. The number of methoxy groups -OCH3 is 1. The number of nitrogens with zero attached hydrogens (tertiary/aromatic N) is 1. The first kappa shape index (κ1) is 35.3. The van der Waals surface area contributed by atoms with Gasteiger partial charge in [-0.1, -0.05) is 94.8 Å². The van der Waals surface area contributed by atoms with Gasteiger partial charge in [0.1, 0.15) is 16.7 Å². The lowest BCUT2D eigenvalue weighted by Gasteiger charge is -2.17. The fourth-order valence-corrected chi connectivity index (χ4v) is 7.05. The van der Waals surface area contributed by atoms with Crippen LogP contribution in [0.5, 0.6) is 5.75 Å². The van der Waals surface area contributed by atoms with Gasteiger partial charge < -0.3 is 20.7 Å². The number of halogens is 1. The van der Waals surface area contributed by atoms with E-state index in [1.165, 1.54) is 23.1 Å². The minimum atomic E-state index is -0.620. The van der Waals surface area contributed by atoms with Crippen molar-refractivity contribution in [2.45, 2.75) is 10.1 Å². The molecule has 0 fully saturated rings. The highest BCUT2D eigenvalue weighted by molar-refractivity contribution is 9.10. The number of hydrogen-bond acceptors (Lipinski definition) is 7. The molecule has 1 atom stereocenters. The molecular formula is C40H31BrN4O4S2. The van der Waals surface area contributed by atoms with Gasteiger partial charge in [0.25, 0.3) is 11.8 Å². The lowest BCUT2D eigenvalue weighted by Crippen LogP contribution is -2.30. The van der Waals surface area contributed by atoms with Crippen LogP contribution in [-0.2, 0) is 9.59 Å². The zero-order valence-corrected chi connectivity index (χ0v) is 30.4. The Labute approximate surface area is 312 Å². The summed E-state index contributed by atoms with van der Waals surface area (Å²) in [7, 11) is 1.56. The largest absolute Gasteiger partial charge is 0.497 e. The van der Waals surface area contributed by atoms with E-state index >= 15 is 0 Å². The molecule has 0 spiro atoms.